The highest BCUT2D eigenvalue weighted by molar-refractivity contribution is 6.22. The molecule has 0 saturated heterocycles. The normalized spacial score (nSPS) is 10.3. The van der Waals surface area contributed by atoms with E-state index >= 15 is 0 Å². The minimum Gasteiger partial charge on any atom is -0.478 e. The van der Waals surface area contributed by atoms with E-state index in [0.717, 1.165) is 31.4 Å². The summed E-state index contributed by atoms with van der Waals surface area (Å²) in [6.45, 7) is 3.56. The number of hydrogen-bond acceptors (Lipinski definition) is 7. The SMILES string of the molecule is COC(=O)c1c(C(=O)O)cc(C(=O)c2ccc(C)c(C)c2)c(C(=O)O)c1C(=O)OC. The summed E-state index contributed by atoms with van der Waals surface area (Å²) in [5, 5.41) is 19.3. The van der Waals surface area contributed by atoms with Gasteiger partial charge in [-0.1, -0.05) is 12.1 Å². The van der Waals surface area contributed by atoms with Gasteiger partial charge in [0.25, 0.3) is 0 Å². The summed E-state index contributed by atoms with van der Waals surface area (Å²) in [6, 6.07) is 5.35. The van der Waals surface area contributed by atoms with Crippen LogP contribution in [0.3, 0.4) is 0 Å². The van der Waals surface area contributed by atoms with Gasteiger partial charge >= 0.3 is 23.9 Å². The maximum atomic E-state index is 13.1. The number of esters is 2. The Hall–Kier alpha value is -4.01. The Morgan fingerprint density at radius 1 is 0.700 bits per heavy atom. The molecule has 9 nitrogen and oxygen atoms in total. The molecule has 2 N–H and O–H groups in total. The van der Waals surface area contributed by atoms with Crippen molar-refractivity contribution in [2.75, 3.05) is 14.2 Å². The number of methoxy groups -OCH3 is 2. The minimum atomic E-state index is -1.72. The first-order valence-corrected chi connectivity index (χ1v) is 8.51. The zero-order valence-corrected chi connectivity index (χ0v) is 16.6. The van der Waals surface area contributed by atoms with E-state index in [4.69, 9.17) is 0 Å². The topological polar surface area (TPSA) is 144 Å². The standard InChI is InChI=1S/C21H18O9/c1-9-5-6-11(7-10(9)2)17(22)12-8-13(18(23)24)15(20(27)29-3)16(21(28)30-4)14(12)19(25)26/h5-8H,1-4H3,(H,23,24)(H,25,26). The third kappa shape index (κ3) is 3.90. The highest BCUT2D eigenvalue weighted by Gasteiger charge is 2.35. The maximum Gasteiger partial charge on any atom is 0.339 e. The lowest BCUT2D eigenvalue weighted by Gasteiger charge is -2.16. The molecule has 30 heavy (non-hydrogen) atoms. The van der Waals surface area contributed by atoms with Crippen molar-refractivity contribution in [3.05, 3.63) is 68.8 Å². The molecule has 0 fully saturated rings. The Bertz CT molecular complexity index is 1100. The first-order chi connectivity index (χ1) is 14.0. The second-order valence-corrected chi connectivity index (χ2v) is 6.32. The molecule has 9 heteroatoms. The smallest absolute Gasteiger partial charge is 0.339 e. The van der Waals surface area contributed by atoms with Gasteiger partial charge in [0, 0.05) is 11.1 Å². The molecule has 0 spiro atoms. The molecule has 0 amide bonds. The average Bonchev–Trinajstić information content (AvgIpc) is 2.72. The molecule has 2 aromatic rings. The Kier molecular flexibility index (Phi) is 6.36. The van der Waals surface area contributed by atoms with Gasteiger partial charge in [-0.3, -0.25) is 4.79 Å². The van der Waals surface area contributed by atoms with Crippen LogP contribution in [-0.2, 0) is 9.47 Å². The number of carbonyl (C=O) groups is 5. The van der Waals surface area contributed by atoms with Crippen molar-refractivity contribution in [2.45, 2.75) is 13.8 Å². The van der Waals surface area contributed by atoms with Gasteiger partial charge in [0.2, 0.25) is 0 Å². The van der Waals surface area contributed by atoms with Crippen LogP contribution in [0.4, 0.5) is 0 Å². The molecule has 0 heterocycles. The number of ketones is 1. The molecule has 0 bridgehead atoms. The van der Waals surface area contributed by atoms with Gasteiger partial charge in [0.15, 0.2) is 5.78 Å². The lowest BCUT2D eigenvalue weighted by atomic mass is 9.87. The monoisotopic (exact) mass is 414 g/mol. The third-order valence-corrected chi connectivity index (χ3v) is 4.56. The van der Waals surface area contributed by atoms with Crippen molar-refractivity contribution < 1.29 is 43.7 Å². The van der Waals surface area contributed by atoms with Crippen LogP contribution in [-0.4, -0.2) is 54.1 Å². The largest absolute Gasteiger partial charge is 0.478 e. The van der Waals surface area contributed by atoms with Crippen molar-refractivity contribution in [3.8, 4) is 0 Å². The fourth-order valence-corrected chi connectivity index (χ4v) is 2.91. The molecule has 0 aliphatic carbocycles. The summed E-state index contributed by atoms with van der Waals surface area (Å²) in [4.78, 5) is 61.5. The molecule has 0 aromatic heterocycles. The average molecular weight is 414 g/mol. The zero-order valence-electron chi connectivity index (χ0n) is 16.6. The van der Waals surface area contributed by atoms with Crippen LogP contribution < -0.4 is 0 Å². The number of benzene rings is 2. The number of aryl methyl sites for hydroxylation is 2. The van der Waals surface area contributed by atoms with Crippen LogP contribution in [0.2, 0.25) is 0 Å². The van der Waals surface area contributed by atoms with Gasteiger partial charge in [0.05, 0.1) is 36.5 Å². The Balaban J connectivity index is 3.00. The van der Waals surface area contributed by atoms with Gasteiger partial charge in [-0.05, 0) is 37.1 Å². The molecule has 0 aliphatic heterocycles. The van der Waals surface area contributed by atoms with Crippen molar-refractivity contribution in [3.63, 3.8) is 0 Å². The van der Waals surface area contributed by atoms with Crippen LogP contribution in [0.25, 0.3) is 0 Å². The van der Waals surface area contributed by atoms with E-state index in [2.05, 4.69) is 9.47 Å². The van der Waals surface area contributed by atoms with Gasteiger partial charge in [0.1, 0.15) is 0 Å². The predicted octanol–water partition coefficient (Wildman–Crippen LogP) is 2.50. The van der Waals surface area contributed by atoms with E-state index in [1.54, 1.807) is 13.0 Å². The molecule has 0 atom stereocenters. The summed E-state index contributed by atoms with van der Waals surface area (Å²) in [6.07, 6.45) is 0. The summed E-state index contributed by atoms with van der Waals surface area (Å²) in [5.74, 6) is -6.78. The number of aromatic carboxylic acids is 2. The fourth-order valence-electron chi connectivity index (χ4n) is 2.91. The molecule has 2 aromatic carbocycles. The molecule has 156 valence electrons. The Morgan fingerprint density at radius 2 is 1.27 bits per heavy atom. The van der Waals surface area contributed by atoms with Crippen LogP contribution in [0.1, 0.15) is 68.5 Å². The van der Waals surface area contributed by atoms with Crippen LogP contribution in [0, 0.1) is 13.8 Å². The number of ether oxygens (including phenoxy) is 2. The van der Waals surface area contributed by atoms with Crippen LogP contribution in [0.15, 0.2) is 24.3 Å². The quantitative estimate of drug-likeness (QED) is 0.538. The molecule has 0 saturated carbocycles. The molecule has 0 unspecified atom stereocenters. The summed E-state index contributed by atoms with van der Waals surface area (Å²) in [5.41, 5.74) is -2.16. The zero-order chi connectivity index (χ0) is 22.7. The van der Waals surface area contributed by atoms with Crippen LogP contribution >= 0.6 is 0 Å². The number of carbonyl (C=O) groups excluding carboxylic acids is 3. The van der Waals surface area contributed by atoms with E-state index < -0.39 is 57.5 Å². The van der Waals surface area contributed by atoms with Crippen LogP contribution in [0.5, 0.6) is 0 Å². The molecule has 0 radical (unpaired) electrons. The minimum absolute atomic E-state index is 0.0820. The van der Waals surface area contributed by atoms with E-state index in [0.29, 0.717) is 0 Å². The summed E-state index contributed by atoms with van der Waals surface area (Å²) >= 11 is 0. The highest BCUT2D eigenvalue weighted by atomic mass is 16.5. The number of carboxylic acid groups (broad SMARTS) is 2. The maximum absolute atomic E-state index is 13.1. The molecular formula is C21H18O9. The van der Waals surface area contributed by atoms with Crippen molar-refractivity contribution >= 4 is 29.7 Å². The lowest BCUT2D eigenvalue weighted by molar-refractivity contribution is 0.0540. The molecule has 2 rings (SSSR count). The number of hydrogen-bond donors (Lipinski definition) is 2. The Morgan fingerprint density at radius 3 is 1.73 bits per heavy atom. The van der Waals surface area contributed by atoms with Gasteiger partial charge < -0.3 is 19.7 Å². The second kappa shape index (κ2) is 8.56. The summed E-state index contributed by atoms with van der Waals surface area (Å²) < 4.78 is 9.08. The van der Waals surface area contributed by atoms with E-state index in [-0.39, 0.29) is 5.56 Å². The first kappa shape index (κ1) is 22.3. The number of rotatable bonds is 6. The van der Waals surface area contributed by atoms with E-state index in [1.807, 2.05) is 6.92 Å². The van der Waals surface area contributed by atoms with Gasteiger partial charge in [-0.15, -0.1) is 0 Å². The molecule has 0 aliphatic rings. The van der Waals surface area contributed by atoms with Crippen molar-refractivity contribution in [1.82, 2.24) is 0 Å². The molecular weight excluding hydrogens is 396 g/mol. The van der Waals surface area contributed by atoms with Gasteiger partial charge in [-0.2, -0.15) is 0 Å². The first-order valence-electron chi connectivity index (χ1n) is 8.51. The van der Waals surface area contributed by atoms with Gasteiger partial charge in [-0.25, -0.2) is 19.2 Å². The Labute approximate surface area is 170 Å². The predicted molar refractivity (Wildman–Crippen MR) is 102 cm³/mol. The lowest BCUT2D eigenvalue weighted by Crippen LogP contribution is -2.24. The van der Waals surface area contributed by atoms with E-state index in [1.165, 1.54) is 12.1 Å². The van der Waals surface area contributed by atoms with Crippen molar-refractivity contribution in [2.24, 2.45) is 0 Å². The van der Waals surface area contributed by atoms with E-state index in [9.17, 15) is 34.2 Å². The second-order valence-electron chi connectivity index (χ2n) is 6.32. The number of carboxylic acids is 2. The van der Waals surface area contributed by atoms with Crippen molar-refractivity contribution in [1.29, 1.82) is 0 Å². The third-order valence-electron chi connectivity index (χ3n) is 4.56. The fraction of sp³-hybridized carbons (Fsp3) is 0.190. The highest BCUT2D eigenvalue weighted by Crippen LogP contribution is 2.28. The summed E-state index contributed by atoms with van der Waals surface area (Å²) in [7, 11) is 1.86.